The van der Waals surface area contributed by atoms with Crippen LogP contribution in [-0.2, 0) is 17.4 Å². The summed E-state index contributed by atoms with van der Waals surface area (Å²) in [5, 5.41) is 6.05. The number of hydrogen-bond acceptors (Lipinski definition) is 8. The van der Waals surface area contributed by atoms with Crippen LogP contribution in [0.15, 0.2) is 30.5 Å². The molecule has 0 spiro atoms. The predicted molar refractivity (Wildman–Crippen MR) is 175 cm³/mol. The topological polar surface area (TPSA) is 96.9 Å². The third kappa shape index (κ3) is 9.41. The van der Waals surface area contributed by atoms with Crippen LogP contribution in [-0.4, -0.2) is 121 Å². The van der Waals surface area contributed by atoms with Gasteiger partial charge < -0.3 is 30.2 Å². The van der Waals surface area contributed by atoms with Crippen LogP contribution in [0.25, 0.3) is 0 Å². The number of halogens is 3. The summed E-state index contributed by atoms with van der Waals surface area (Å²) in [7, 11) is 6.03. The third-order valence-electron chi connectivity index (χ3n) is 10.1. The number of hydrogen-bond donors (Lipinski definition) is 2. The zero-order chi connectivity index (χ0) is 33.6. The lowest BCUT2D eigenvalue weighted by Gasteiger charge is -2.35. The van der Waals surface area contributed by atoms with Crippen LogP contribution in [0.5, 0.6) is 0 Å². The second-order valence-corrected chi connectivity index (χ2v) is 13.5. The summed E-state index contributed by atoms with van der Waals surface area (Å²) in [5.74, 6) is -0.683. The summed E-state index contributed by atoms with van der Waals surface area (Å²) in [5.41, 5.74) is 0.111. The van der Waals surface area contributed by atoms with Gasteiger partial charge >= 0.3 is 6.18 Å². The number of likely N-dealkylation sites (tertiary alicyclic amines) is 1. The molecule has 3 aliphatic rings. The van der Waals surface area contributed by atoms with Gasteiger partial charge in [-0.15, -0.1) is 0 Å². The van der Waals surface area contributed by atoms with Crippen LogP contribution in [0.3, 0.4) is 0 Å². The van der Waals surface area contributed by atoms with E-state index in [0.717, 1.165) is 77.7 Å². The predicted octanol–water partition coefficient (Wildman–Crippen LogP) is 4.12. The first kappa shape index (κ1) is 35.0. The second-order valence-electron chi connectivity index (χ2n) is 13.5. The van der Waals surface area contributed by atoms with Crippen LogP contribution >= 0.6 is 0 Å². The number of likely N-dealkylation sites (N-methyl/N-ethyl adjacent to an activating group) is 1. The Balaban J connectivity index is 1.19. The van der Waals surface area contributed by atoms with Gasteiger partial charge in [0.15, 0.2) is 0 Å². The van der Waals surface area contributed by atoms with Crippen molar-refractivity contribution in [2.75, 3.05) is 78.8 Å². The van der Waals surface area contributed by atoms with Gasteiger partial charge in [-0.05, 0) is 102 Å². The Morgan fingerprint density at radius 2 is 1.64 bits per heavy atom. The summed E-state index contributed by atoms with van der Waals surface area (Å²) in [6.07, 6.45) is 1.06. The Kier molecular flexibility index (Phi) is 11.7. The van der Waals surface area contributed by atoms with Crippen molar-refractivity contribution in [3.05, 3.63) is 47.3 Å². The molecule has 2 amide bonds. The molecule has 1 saturated carbocycles. The summed E-state index contributed by atoms with van der Waals surface area (Å²) in [6.45, 7) is 7.51. The monoisotopic (exact) mass is 658 g/mol. The fourth-order valence-electron chi connectivity index (χ4n) is 7.04. The van der Waals surface area contributed by atoms with Crippen LogP contribution < -0.4 is 10.6 Å². The molecule has 10 nitrogen and oxygen atoms in total. The fraction of sp³-hybridized carbons (Fsp3) is 0.647. The largest absolute Gasteiger partial charge is 0.419 e. The highest BCUT2D eigenvalue weighted by Gasteiger charge is 2.39. The van der Waals surface area contributed by atoms with E-state index in [1.165, 1.54) is 0 Å². The van der Waals surface area contributed by atoms with Crippen molar-refractivity contribution in [3.63, 3.8) is 0 Å². The molecule has 0 radical (unpaired) electrons. The molecule has 2 aliphatic heterocycles. The number of rotatable bonds is 11. The molecule has 0 unspecified atom stereocenters. The van der Waals surface area contributed by atoms with Crippen molar-refractivity contribution in [2.45, 2.75) is 57.2 Å². The smallest absolute Gasteiger partial charge is 0.356 e. The summed E-state index contributed by atoms with van der Waals surface area (Å²) < 4.78 is 42.1. The van der Waals surface area contributed by atoms with Gasteiger partial charge in [-0.1, -0.05) is 6.42 Å². The Morgan fingerprint density at radius 1 is 0.957 bits per heavy atom. The second kappa shape index (κ2) is 15.7. The van der Waals surface area contributed by atoms with Crippen molar-refractivity contribution >= 4 is 23.5 Å². The number of piperidine rings is 1. The van der Waals surface area contributed by atoms with E-state index in [2.05, 4.69) is 49.4 Å². The number of benzene rings is 1. The van der Waals surface area contributed by atoms with Crippen LogP contribution in [0.2, 0.25) is 0 Å². The summed E-state index contributed by atoms with van der Waals surface area (Å²) >= 11 is 0. The quantitative estimate of drug-likeness (QED) is 0.349. The molecule has 1 aliphatic carbocycles. The van der Waals surface area contributed by atoms with Crippen molar-refractivity contribution in [1.29, 1.82) is 0 Å². The highest BCUT2D eigenvalue weighted by molar-refractivity contribution is 5.94. The minimum atomic E-state index is -4.62. The molecule has 1 aromatic carbocycles. The molecule has 2 atom stereocenters. The van der Waals surface area contributed by atoms with Gasteiger partial charge in [0.1, 0.15) is 0 Å². The van der Waals surface area contributed by atoms with Crippen molar-refractivity contribution < 1.29 is 22.8 Å². The van der Waals surface area contributed by atoms with E-state index in [4.69, 9.17) is 0 Å². The Labute approximate surface area is 276 Å². The number of anilines is 2. The van der Waals surface area contributed by atoms with Gasteiger partial charge in [0.05, 0.1) is 11.3 Å². The van der Waals surface area contributed by atoms with E-state index in [1.807, 2.05) is 7.05 Å². The minimum Gasteiger partial charge on any atom is -0.356 e. The maximum Gasteiger partial charge on any atom is 0.419 e. The Morgan fingerprint density at radius 3 is 2.32 bits per heavy atom. The average molecular weight is 659 g/mol. The maximum absolute atomic E-state index is 14.0. The highest BCUT2D eigenvalue weighted by Crippen LogP contribution is 2.38. The van der Waals surface area contributed by atoms with Gasteiger partial charge in [0.25, 0.3) is 5.91 Å². The lowest BCUT2D eigenvalue weighted by molar-refractivity contribution is -0.138. The van der Waals surface area contributed by atoms with Gasteiger partial charge in [-0.25, -0.2) is 9.97 Å². The van der Waals surface area contributed by atoms with Crippen LogP contribution in [0, 0.1) is 11.8 Å². The standard InChI is InChI=1S/C34H49F3N8O2/c1-42-16-12-27(13-17-42)44(3)32(47)24-8-10-26(11-9-24)40-33-39-23-29(34(35,36)37)30(41-33)22-25-6-4-7-28(25)31(46)38-14-5-15-45-20-18-43(2)19-21-45/h8-11,23,25,27-28H,4-7,12-22H2,1-3H3,(H,38,46)(H,39,40,41)/t25-,28-/m0/s1. The molecule has 3 fully saturated rings. The zero-order valence-electron chi connectivity index (χ0n) is 27.9. The van der Waals surface area contributed by atoms with E-state index < -0.39 is 11.7 Å². The molecule has 13 heteroatoms. The van der Waals surface area contributed by atoms with Crippen LogP contribution in [0.4, 0.5) is 24.8 Å². The molecule has 0 bridgehead atoms. The molecule has 2 N–H and O–H groups in total. The molecule has 47 heavy (non-hydrogen) atoms. The number of amides is 2. The Bertz CT molecular complexity index is 1340. The molecule has 3 heterocycles. The van der Waals surface area contributed by atoms with Crippen molar-refractivity contribution in [1.82, 2.24) is 34.9 Å². The first-order valence-corrected chi connectivity index (χ1v) is 16.9. The SMILES string of the molecule is CN1CCC(N(C)C(=O)c2ccc(Nc3ncc(C(F)(F)F)c(C[C@@H]4CCC[C@@H]4C(=O)NCCCN4CCN(C)CC4)n3)cc2)CC1. The molecule has 258 valence electrons. The molecule has 5 rings (SSSR count). The fourth-order valence-corrected chi connectivity index (χ4v) is 7.04. The van der Waals surface area contributed by atoms with Crippen molar-refractivity contribution in [2.24, 2.45) is 11.8 Å². The number of piperazine rings is 1. The normalized spacial score (nSPS) is 21.9. The Hall–Kier alpha value is -3.29. The zero-order valence-corrected chi connectivity index (χ0v) is 27.9. The molecular formula is C34H49F3N8O2. The first-order valence-electron chi connectivity index (χ1n) is 16.9. The summed E-state index contributed by atoms with van der Waals surface area (Å²) in [6, 6.07) is 7.00. The molecule has 2 saturated heterocycles. The van der Waals surface area contributed by atoms with E-state index in [1.54, 1.807) is 29.2 Å². The maximum atomic E-state index is 14.0. The lowest BCUT2D eigenvalue weighted by atomic mass is 9.89. The number of nitrogens with one attached hydrogen (secondary N) is 2. The number of carbonyl (C=O) groups is 2. The van der Waals surface area contributed by atoms with E-state index >= 15 is 0 Å². The lowest BCUT2D eigenvalue weighted by Crippen LogP contribution is -2.45. The van der Waals surface area contributed by atoms with Crippen LogP contribution in [0.1, 0.15) is 60.1 Å². The van der Waals surface area contributed by atoms with E-state index in [-0.39, 0.29) is 47.8 Å². The van der Waals surface area contributed by atoms with E-state index in [0.29, 0.717) is 30.6 Å². The number of nitrogens with zero attached hydrogens (tertiary/aromatic N) is 6. The van der Waals surface area contributed by atoms with Gasteiger partial charge in [-0.3, -0.25) is 9.59 Å². The molecular weight excluding hydrogens is 609 g/mol. The van der Waals surface area contributed by atoms with E-state index in [9.17, 15) is 22.8 Å². The van der Waals surface area contributed by atoms with Gasteiger partial charge in [-0.2, -0.15) is 13.2 Å². The highest BCUT2D eigenvalue weighted by atomic mass is 19.4. The minimum absolute atomic E-state index is 0.0402. The van der Waals surface area contributed by atoms with Gasteiger partial charge in [0, 0.05) is 69.2 Å². The van der Waals surface area contributed by atoms with Gasteiger partial charge in [0.2, 0.25) is 11.9 Å². The number of aromatic nitrogens is 2. The third-order valence-corrected chi connectivity index (χ3v) is 10.1. The first-order chi connectivity index (χ1) is 22.5. The molecule has 2 aromatic rings. The average Bonchev–Trinajstić information content (AvgIpc) is 3.51. The summed E-state index contributed by atoms with van der Waals surface area (Å²) in [4.78, 5) is 43.2. The van der Waals surface area contributed by atoms with Crippen molar-refractivity contribution in [3.8, 4) is 0 Å². The molecule has 1 aromatic heterocycles. The number of carbonyl (C=O) groups excluding carboxylic acids is 2. The number of alkyl halides is 3.